The van der Waals surface area contributed by atoms with Crippen LogP contribution in [0.3, 0.4) is 0 Å². The molecule has 60 valence electrons. The van der Waals surface area contributed by atoms with Crippen molar-refractivity contribution in [3.63, 3.8) is 0 Å². The minimum Gasteiger partial charge on any atom is -0.0634 e. The minimum atomic E-state index is 1.16. The highest BCUT2D eigenvalue weighted by molar-refractivity contribution is 6.47. The zero-order chi connectivity index (χ0) is 8.55. The summed E-state index contributed by atoms with van der Waals surface area (Å²) >= 11 is 0. The highest BCUT2D eigenvalue weighted by Gasteiger charge is 1.97. The van der Waals surface area contributed by atoms with E-state index >= 15 is 0 Å². The van der Waals surface area contributed by atoms with Gasteiger partial charge in [0.15, 0.2) is 0 Å². The maximum atomic E-state index is 2.25. The van der Waals surface area contributed by atoms with E-state index in [1.54, 1.807) is 0 Å². The Kier molecular flexibility index (Phi) is 1.86. The summed E-state index contributed by atoms with van der Waals surface area (Å²) < 4.78 is 0. The van der Waals surface area contributed by atoms with Crippen LogP contribution < -0.4 is 10.4 Å². The van der Waals surface area contributed by atoms with Gasteiger partial charge in [-0.25, -0.2) is 0 Å². The van der Waals surface area contributed by atoms with Crippen molar-refractivity contribution in [2.24, 2.45) is 0 Å². The Bertz CT molecular complexity index is 384. The quantitative estimate of drug-likeness (QED) is 0.457. The molecule has 0 unspecified atom stereocenters. The molecular formula is C10H12Si2. The SMILES string of the molecule is [SiH3]c1cccc2cccc([SiH3])c12. The van der Waals surface area contributed by atoms with Crippen LogP contribution in [0.5, 0.6) is 0 Å². The Labute approximate surface area is 78.5 Å². The van der Waals surface area contributed by atoms with Crippen molar-refractivity contribution in [3.05, 3.63) is 36.4 Å². The lowest BCUT2D eigenvalue weighted by atomic mass is 10.1. The van der Waals surface area contributed by atoms with Crippen molar-refractivity contribution in [1.82, 2.24) is 0 Å². The van der Waals surface area contributed by atoms with E-state index in [0.717, 1.165) is 20.5 Å². The van der Waals surface area contributed by atoms with Crippen LogP contribution in [-0.4, -0.2) is 20.5 Å². The first-order chi connectivity index (χ1) is 5.79. The number of hydrogen-bond donors (Lipinski definition) is 0. The fraction of sp³-hybridized carbons (Fsp3) is 0. The van der Waals surface area contributed by atoms with Gasteiger partial charge in [-0.05, 0) is 10.8 Å². The molecule has 2 aromatic carbocycles. The fourth-order valence-electron chi connectivity index (χ4n) is 1.75. The second kappa shape index (κ2) is 2.88. The van der Waals surface area contributed by atoms with E-state index in [9.17, 15) is 0 Å². The van der Waals surface area contributed by atoms with E-state index in [-0.39, 0.29) is 0 Å². The van der Waals surface area contributed by atoms with Gasteiger partial charge < -0.3 is 0 Å². The molecule has 2 rings (SSSR count). The molecule has 0 N–H and O–H groups in total. The fourth-order valence-corrected chi connectivity index (χ4v) is 4.00. The summed E-state index contributed by atoms with van der Waals surface area (Å²) in [5.41, 5.74) is 0. The van der Waals surface area contributed by atoms with E-state index in [4.69, 9.17) is 0 Å². The van der Waals surface area contributed by atoms with Gasteiger partial charge in [-0.15, -0.1) is 0 Å². The third-order valence-corrected chi connectivity index (χ3v) is 3.99. The highest BCUT2D eigenvalue weighted by atomic mass is 28.1. The molecule has 0 aliphatic carbocycles. The van der Waals surface area contributed by atoms with Gasteiger partial charge in [0.1, 0.15) is 0 Å². The molecule has 0 atom stereocenters. The van der Waals surface area contributed by atoms with E-state index < -0.39 is 0 Å². The van der Waals surface area contributed by atoms with Gasteiger partial charge >= 0.3 is 0 Å². The van der Waals surface area contributed by atoms with Crippen LogP contribution >= 0.6 is 0 Å². The topological polar surface area (TPSA) is 0 Å². The van der Waals surface area contributed by atoms with Crippen LogP contribution in [-0.2, 0) is 0 Å². The van der Waals surface area contributed by atoms with Crippen molar-refractivity contribution >= 4 is 41.6 Å². The van der Waals surface area contributed by atoms with Crippen LogP contribution in [0.2, 0.25) is 0 Å². The molecule has 0 spiro atoms. The molecule has 0 aromatic heterocycles. The lowest BCUT2D eigenvalue weighted by Crippen LogP contribution is -2.14. The van der Waals surface area contributed by atoms with Crippen LogP contribution in [0.4, 0.5) is 0 Å². The minimum absolute atomic E-state index is 1.16. The van der Waals surface area contributed by atoms with Gasteiger partial charge in [-0.3, -0.25) is 0 Å². The first-order valence-electron chi connectivity index (χ1n) is 4.24. The predicted molar refractivity (Wildman–Crippen MR) is 63.1 cm³/mol. The molecule has 0 amide bonds. The van der Waals surface area contributed by atoms with Crippen molar-refractivity contribution in [2.75, 3.05) is 0 Å². The first kappa shape index (κ1) is 7.77. The third-order valence-electron chi connectivity index (χ3n) is 2.32. The van der Waals surface area contributed by atoms with Crippen molar-refractivity contribution < 1.29 is 0 Å². The standard InChI is InChI=1S/C10H12Si2/c11-8-5-1-3-7-4-2-6-9(12)10(7)8/h1-6H,11-12H3. The number of fused-ring (bicyclic) bond motifs is 1. The van der Waals surface area contributed by atoms with Gasteiger partial charge in [0.25, 0.3) is 0 Å². The summed E-state index contributed by atoms with van der Waals surface area (Å²) in [6, 6.07) is 13.2. The van der Waals surface area contributed by atoms with Crippen molar-refractivity contribution in [2.45, 2.75) is 0 Å². The van der Waals surface area contributed by atoms with Gasteiger partial charge in [-0.1, -0.05) is 46.8 Å². The molecule has 0 nitrogen and oxygen atoms in total. The molecular weight excluding hydrogens is 176 g/mol. The molecule has 0 fully saturated rings. The maximum Gasteiger partial charge on any atom is 0.0393 e. The summed E-state index contributed by atoms with van der Waals surface area (Å²) in [4.78, 5) is 0. The summed E-state index contributed by atoms with van der Waals surface area (Å²) in [5, 5.41) is 6.02. The summed E-state index contributed by atoms with van der Waals surface area (Å²) in [7, 11) is 2.32. The average Bonchev–Trinajstić information content (AvgIpc) is 2.04. The maximum absolute atomic E-state index is 2.25. The van der Waals surface area contributed by atoms with E-state index in [2.05, 4.69) is 36.4 Å². The second-order valence-corrected chi connectivity index (χ2v) is 5.40. The summed E-state index contributed by atoms with van der Waals surface area (Å²) in [5.74, 6) is 0. The molecule has 2 heteroatoms. The molecule has 0 heterocycles. The second-order valence-electron chi connectivity index (χ2n) is 3.25. The Morgan fingerprint density at radius 3 is 1.67 bits per heavy atom. The Morgan fingerprint density at radius 2 is 1.25 bits per heavy atom. The molecule has 2 aromatic rings. The highest BCUT2D eigenvalue weighted by Crippen LogP contribution is 2.06. The summed E-state index contributed by atoms with van der Waals surface area (Å²) in [6.45, 7) is 0. The Hall–Kier alpha value is -0.866. The van der Waals surface area contributed by atoms with Crippen LogP contribution in [0.1, 0.15) is 0 Å². The van der Waals surface area contributed by atoms with Gasteiger partial charge in [0, 0.05) is 20.5 Å². The lowest BCUT2D eigenvalue weighted by Gasteiger charge is -2.04. The van der Waals surface area contributed by atoms with E-state index in [0.29, 0.717) is 0 Å². The number of rotatable bonds is 0. The van der Waals surface area contributed by atoms with Gasteiger partial charge in [0.2, 0.25) is 0 Å². The smallest absolute Gasteiger partial charge is 0.0393 e. The van der Waals surface area contributed by atoms with Gasteiger partial charge in [-0.2, -0.15) is 0 Å². The van der Waals surface area contributed by atoms with Crippen molar-refractivity contribution in [1.29, 1.82) is 0 Å². The normalized spacial score (nSPS) is 11.0. The molecule has 0 aliphatic rings. The number of hydrogen-bond acceptors (Lipinski definition) is 0. The zero-order valence-corrected chi connectivity index (χ0v) is 11.5. The zero-order valence-electron chi connectivity index (χ0n) is 7.46. The van der Waals surface area contributed by atoms with Crippen LogP contribution in [0, 0.1) is 0 Å². The Balaban J connectivity index is 2.96. The third kappa shape index (κ3) is 1.13. The number of benzene rings is 2. The molecule has 0 radical (unpaired) electrons. The predicted octanol–water partition coefficient (Wildman–Crippen LogP) is -1.18. The van der Waals surface area contributed by atoms with Crippen LogP contribution in [0.25, 0.3) is 10.8 Å². The van der Waals surface area contributed by atoms with E-state index in [1.165, 1.54) is 21.1 Å². The van der Waals surface area contributed by atoms with E-state index in [1.807, 2.05) is 0 Å². The average molecular weight is 188 g/mol. The molecule has 0 saturated carbocycles. The van der Waals surface area contributed by atoms with Crippen molar-refractivity contribution in [3.8, 4) is 0 Å². The van der Waals surface area contributed by atoms with Gasteiger partial charge in [0.05, 0.1) is 0 Å². The Morgan fingerprint density at radius 1 is 0.750 bits per heavy atom. The first-order valence-corrected chi connectivity index (χ1v) is 6.24. The molecule has 0 saturated heterocycles. The molecule has 12 heavy (non-hydrogen) atoms. The monoisotopic (exact) mass is 188 g/mol. The van der Waals surface area contributed by atoms with Crippen LogP contribution in [0.15, 0.2) is 36.4 Å². The lowest BCUT2D eigenvalue weighted by molar-refractivity contribution is 1.82. The summed E-state index contributed by atoms with van der Waals surface area (Å²) in [6.07, 6.45) is 0. The largest absolute Gasteiger partial charge is 0.0634 e. The molecule has 0 bridgehead atoms. The molecule has 0 aliphatic heterocycles.